The summed E-state index contributed by atoms with van der Waals surface area (Å²) in [7, 11) is 4.82. The Morgan fingerprint density at radius 1 is 1.03 bits per heavy atom. The Hall–Kier alpha value is -4.01. The summed E-state index contributed by atoms with van der Waals surface area (Å²) in [5.41, 5.74) is 2.38. The van der Waals surface area contributed by atoms with E-state index in [0.29, 0.717) is 30.3 Å². The number of para-hydroxylation sites is 2. The molecule has 1 fully saturated rings. The molecular formula is C26H30N4O5. The van der Waals surface area contributed by atoms with Gasteiger partial charge in [0.25, 0.3) is 0 Å². The van der Waals surface area contributed by atoms with Gasteiger partial charge in [0.1, 0.15) is 12.3 Å². The minimum absolute atomic E-state index is 0.0237. The number of nitrogens with zero attached hydrogens (tertiary/aromatic N) is 3. The van der Waals surface area contributed by atoms with Crippen molar-refractivity contribution in [3.63, 3.8) is 0 Å². The summed E-state index contributed by atoms with van der Waals surface area (Å²) in [5.74, 6) is 2.03. The second-order valence-corrected chi connectivity index (χ2v) is 8.37. The number of carbonyl (C=O) groups excluding carboxylic acids is 2. The molecule has 1 atom stereocenters. The number of aromatic nitrogens is 2. The molecular weight excluding hydrogens is 448 g/mol. The molecule has 0 saturated carbocycles. The molecule has 3 aromatic rings. The highest BCUT2D eigenvalue weighted by Crippen LogP contribution is 2.39. The van der Waals surface area contributed by atoms with E-state index in [0.717, 1.165) is 23.3 Å². The zero-order valence-electron chi connectivity index (χ0n) is 20.2. The normalized spacial score (nSPS) is 15.1. The average Bonchev–Trinajstić information content (AvgIpc) is 3.53. The molecule has 1 aromatic heterocycles. The number of carbonyl (C=O) groups is 2. The van der Waals surface area contributed by atoms with Gasteiger partial charge in [-0.2, -0.15) is 5.10 Å². The first-order valence-corrected chi connectivity index (χ1v) is 11.4. The topological polar surface area (TPSA) is 94.9 Å². The Morgan fingerprint density at radius 2 is 1.80 bits per heavy atom. The van der Waals surface area contributed by atoms with Gasteiger partial charge in [-0.25, -0.2) is 0 Å². The van der Waals surface area contributed by atoms with Crippen LogP contribution in [0.2, 0.25) is 0 Å². The van der Waals surface area contributed by atoms with Crippen molar-refractivity contribution in [2.75, 3.05) is 39.7 Å². The molecule has 9 heteroatoms. The number of methoxy groups -OCH3 is 3. The fourth-order valence-corrected chi connectivity index (χ4v) is 4.45. The van der Waals surface area contributed by atoms with Crippen molar-refractivity contribution < 1.29 is 23.8 Å². The number of hydrogen-bond donors (Lipinski definition) is 1. The van der Waals surface area contributed by atoms with Crippen molar-refractivity contribution in [3.05, 3.63) is 66.0 Å². The molecule has 0 spiro atoms. The predicted molar refractivity (Wildman–Crippen MR) is 131 cm³/mol. The predicted octanol–water partition coefficient (Wildman–Crippen LogP) is 3.11. The first-order chi connectivity index (χ1) is 17.0. The number of amides is 2. The third kappa shape index (κ3) is 5.56. The standard InChI is InChI=1S/C26H30N4O5/c1-33-22-9-5-4-7-18(22)13-24(31)28-20-14-27-30(16-20)17-25(32)29-12-11-19(15-29)21-8-6-10-23(34-2)26(21)35-3/h4-10,14,16,19H,11-13,15,17H2,1-3H3,(H,28,31). The van der Waals surface area contributed by atoms with E-state index in [1.54, 1.807) is 38.4 Å². The first kappa shape index (κ1) is 24.1. The molecule has 0 bridgehead atoms. The maximum atomic E-state index is 12.9. The van der Waals surface area contributed by atoms with E-state index < -0.39 is 0 Å². The van der Waals surface area contributed by atoms with Crippen LogP contribution < -0.4 is 19.5 Å². The van der Waals surface area contributed by atoms with E-state index in [1.807, 2.05) is 47.4 Å². The number of hydrogen-bond acceptors (Lipinski definition) is 6. The van der Waals surface area contributed by atoms with Gasteiger partial charge in [-0.05, 0) is 18.6 Å². The fraction of sp³-hybridized carbons (Fsp3) is 0.346. The Labute approximate surface area is 204 Å². The molecule has 0 aliphatic carbocycles. The van der Waals surface area contributed by atoms with E-state index in [9.17, 15) is 9.59 Å². The fourth-order valence-electron chi connectivity index (χ4n) is 4.45. The van der Waals surface area contributed by atoms with Crippen molar-refractivity contribution in [2.45, 2.75) is 25.3 Å². The van der Waals surface area contributed by atoms with Crippen LogP contribution in [0.3, 0.4) is 0 Å². The molecule has 35 heavy (non-hydrogen) atoms. The van der Waals surface area contributed by atoms with Crippen LogP contribution in [-0.4, -0.2) is 60.9 Å². The number of likely N-dealkylation sites (tertiary alicyclic amines) is 1. The zero-order valence-corrected chi connectivity index (χ0v) is 20.2. The lowest BCUT2D eigenvalue weighted by molar-refractivity contribution is -0.131. The lowest BCUT2D eigenvalue weighted by atomic mass is 9.97. The Morgan fingerprint density at radius 3 is 2.57 bits per heavy atom. The van der Waals surface area contributed by atoms with Gasteiger partial charge in [-0.3, -0.25) is 14.3 Å². The number of anilines is 1. The quantitative estimate of drug-likeness (QED) is 0.508. The van der Waals surface area contributed by atoms with Crippen LogP contribution in [0.1, 0.15) is 23.5 Å². The molecule has 2 heterocycles. The van der Waals surface area contributed by atoms with Gasteiger partial charge in [0, 0.05) is 36.3 Å². The van der Waals surface area contributed by atoms with Crippen LogP contribution in [0.25, 0.3) is 0 Å². The van der Waals surface area contributed by atoms with Crippen molar-refractivity contribution in [3.8, 4) is 17.2 Å². The molecule has 4 rings (SSSR count). The van der Waals surface area contributed by atoms with Crippen molar-refractivity contribution in [2.24, 2.45) is 0 Å². The van der Waals surface area contributed by atoms with E-state index in [1.165, 1.54) is 0 Å². The minimum Gasteiger partial charge on any atom is -0.496 e. The molecule has 1 aliphatic rings. The number of nitrogens with one attached hydrogen (secondary N) is 1. The van der Waals surface area contributed by atoms with Gasteiger partial charge in [-0.15, -0.1) is 0 Å². The summed E-state index contributed by atoms with van der Waals surface area (Å²) in [6, 6.07) is 13.2. The molecule has 2 aromatic carbocycles. The third-order valence-electron chi connectivity index (χ3n) is 6.17. The van der Waals surface area contributed by atoms with Gasteiger partial charge >= 0.3 is 0 Å². The van der Waals surface area contributed by atoms with Crippen molar-refractivity contribution in [1.29, 1.82) is 0 Å². The first-order valence-electron chi connectivity index (χ1n) is 11.4. The van der Waals surface area contributed by atoms with Crippen molar-refractivity contribution >= 4 is 17.5 Å². The molecule has 1 unspecified atom stereocenters. The molecule has 1 N–H and O–H groups in total. The molecule has 0 radical (unpaired) electrons. The maximum absolute atomic E-state index is 12.9. The van der Waals surface area contributed by atoms with Crippen LogP contribution >= 0.6 is 0 Å². The highest BCUT2D eigenvalue weighted by molar-refractivity contribution is 5.92. The second kappa shape index (κ2) is 10.9. The average molecular weight is 479 g/mol. The lowest BCUT2D eigenvalue weighted by Gasteiger charge is -2.19. The summed E-state index contributed by atoms with van der Waals surface area (Å²) in [4.78, 5) is 27.2. The monoisotopic (exact) mass is 478 g/mol. The van der Waals surface area contributed by atoms with Gasteiger partial charge in [0.15, 0.2) is 11.5 Å². The Bertz CT molecular complexity index is 1190. The smallest absolute Gasteiger partial charge is 0.244 e. The number of ether oxygens (including phenoxy) is 3. The summed E-state index contributed by atoms with van der Waals surface area (Å²) in [5, 5.41) is 7.07. The second-order valence-electron chi connectivity index (χ2n) is 8.37. The summed E-state index contributed by atoms with van der Waals surface area (Å²) in [6.45, 7) is 1.37. The van der Waals surface area contributed by atoms with Gasteiger partial charge in [0.2, 0.25) is 11.8 Å². The van der Waals surface area contributed by atoms with E-state index in [2.05, 4.69) is 10.4 Å². The van der Waals surface area contributed by atoms with Crippen LogP contribution in [0.5, 0.6) is 17.2 Å². The molecule has 9 nitrogen and oxygen atoms in total. The summed E-state index contributed by atoms with van der Waals surface area (Å²) < 4.78 is 17.8. The largest absolute Gasteiger partial charge is 0.496 e. The highest BCUT2D eigenvalue weighted by Gasteiger charge is 2.30. The van der Waals surface area contributed by atoms with Crippen LogP contribution in [0, 0.1) is 0 Å². The Balaban J connectivity index is 1.33. The molecule has 2 amide bonds. The third-order valence-corrected chi connectivity index (χ3v) is 6.17. The minimum atomic E-state index is -0.185. The number of benzene rings is 2. The lowest BCUT2D eigenvalue weighted by Crippen LogP contribution is -2.31. The van der Waals surface area contributed by atoms with E-state index in [4.69, 9.17) is 14.2 Å². The van der Waals surface area contributed by atoms with E-state index >= 15 is 0 Å². The zero-order chi connectivity index (χ0) is 24.8. The van der Waals surface area contributed by atoms with Gasteiger partial charge < -0.3 is 24.4 Å². The van der Waals surface area contributed by atoms with Crippen LogP contribution in [-0.2, 0) is 22.6 Å². The van der Waals surface area contributed by atoms with E-state index in [-0.39, 0.29) is 30.7 Å². The van der Waals surface area contributed by atoms with Crippen molar-refractivity contribution in [1.82, 2.24) is 14.7 Å². The molecule has 1 saturated heterocycles. The molecule has 184 valence electrons. The van der Waals surface area contributed by atoms with Crippen LogP contribution in [0.4, 0.5) is 5.69 Å². The molecule has 1 aliphatic heterocycles. The Kier molecular flexibility index (Phi) is 7.54. The SMILES string of the molecule is COc1ccccc1CC(=O)Nc1cnn(CC(=O)N2CCC(c3cccc(OC)c3OC)C2)c1. The maximum Gasteiger partial charge on any atom is 0.244 e. The highest BCUT2D eigenvalue weighted by atomic mass is 16.5. The summed E-state index contributed by atoms with van der Waals surface area (Å²) in [6.07, 6.45) is 4.23. The van der Waals surface area contributed by atoms with Gasteiger partial charge in [-0.1, -0.05) is 30.3 Å². The number of rotatable bonds is 9. The van der Waals surface area contributed by atoms with Crippen LogP contribution in [0.15, 0.2) is 54.9 Å². The summed E-state index contributed by atoms with van der Waals surface area (Å²) >= 11 is 0. The van der Waals surface area contributed by atoms with Gasteiger partial charge in [0.05, 0.1) is 39.6 Å².